The molecule has 1 heterocycles. The Labute approximate surface area is 101 Å². The van der Waals surface area contributed by atoms with Gasteiger partial charge < -0.3 is 10.0 Å². The average molecular weight is 290 g/mol. The number of nitrogens with zero attached hydrogens (tertiary/aromatic N) is 1. The highest BCUT2D eigenvalue weighted by Crippen LogP contribution is 2.47. The van der Waals surface area contributed by atoms with Crippen molar-refractivity contribution in [2.75, 3.05) is 18.5 Å². The molecule has 3 nitrogen and oxygen atoms in total. The fourth-order valence-electron chi connectivity index (χ4n) is 1.63. The van der Waals surface area contributed by atoms with E-state index in [-0.39, 0.29) is 0 Å². The lowest BCUT2D eigenvalue weighted by Crippen LogP contribution is -2.31. The Hall–Kier alpha value is -0.550. The van der Waals surface area contributed by atoms with Crippen molar-refractivity contribution in [2.45, 2.75) is 12.8 Å². The second-order valence-corrected chi connectivity index (χ2v) is 5.85. The second-order valence-electron chi connectivity index (χ2n) is 4.04. The molecule has 2 rings (SSSR count). The van der Waals surface area contributed by atoms with Gasteiger partial charge in [0.2, 0.25) is 0 Å². The molecule has 1 saturated carbocycles. The zero-order valence-corrected chi connectivity index (χ0v) is 10.8. The topological polar surface area (TPSA) is 40.5 Å². The smallest absolute Gasteiger partial charge is 0.311 e. The first-order chi connectivity index (χ1) is 7.03. The number of rotatable bonds is 4. The lowest BCUT2D eigenvalue weighted by Gasteiger charge is -2.21. The van der Waals surface area contributed by atoms with Gasteiger partial charge in [-0.1, -0.05) is 0 Å². The van der Waals surface area contributed by atoms with E-state index in [4.69, 9.17) is 5.11 Å². The number of anilines is 1. The average Bonchev–Trinajstić information content (AvgIpc) is 2.82. The highest BCUT2D eigenvalue weighted by atomic mass is 79.9. The molecule has 0 aliphatic heterocycles. The van der Waals surface area contributed by atoms with E-state index in [1.54, 1.807) is 11.3 Å². The van der Waals surface area contributed by atoms with Crippen molar-refractivity contribution >= 4 is 38.2 Å². The fourth-order valence-corrected chi connectivity index (χ4v) is 3.01. The predicted molar refractivity (Wildman–Crippen MR) is 64.6 cm³/mol. The molecule has 0 bridgehead atoms. The van der Waals surface area contributed by atoms with Gasteiger partial charge in [-0.15, -0.1) is 11.3 Å². The highest BCUT2D eigenvalue weighted by Gasteiger charge is 2.51. The molecular weight excluding hydrogens is 278 g/mol. The van der Waals surface area contributed by atoms with E-state index in [2.05, 4.69) is 15.9 Å². The van der Waals surface area contributed by atoms with E-state index in [0.29, 0.717) is 6.54 Å². The van der Waals surface area contributed by atoms with Crippen LogP contribution in [0.4, 0.5) is 5.00 Å². The Balaban J connectivity index is 2.04. The van der Waals surface area contributed by atoms with E-state index in [1.165, 1.54) is 0 Å². The summed E-state index contributed by atoms with van der Waals surface area (Å²) in [5.41, 5.74) is -0.481. The van der Waals surface area contributed by atoms with Crippen LogP contribution in [0.3, 0.4) is 0 Å². The third kappa shape index (κ3) is 2.18. The lowest BCUT2D eigenvalue weighted by atomic mass is 10.1. The number of halogens is 1. The minimum Gasteiger partial charge on any atom is -0.481 e. The van der Waals surface area contributed by atoms with Gasteiger partial charge in [0.15, 0.2) is 0 Å². The molecule has 0 unspecified atom stereocenters. The molecule has 0 saturated heterocycles. The van der Waals surface area contributed by atoms with Crippen LogP contribution in [-0.4, -0.2) is 24.7 Å². The van der Waals surface area contributed by atoms with E-state index < -0.39 is 11.4 Å². The Morgan fingerprint density at radius 2 is 2.40 bits per heavy atom. The molecule has 0 amide bonds. The molecule has 15 heavy (non-hydrogen) atoms. The van der Waals surface area contributed by atoms with Crippen LogP contribution in [0.5, 0.6) is 0 Å². The van der Waals surface area contributed by atoms with Crippen LogP contribution in [-0.2, 0) is 4.79 Å². The third-order valence-electron chi connectivity index (χ3n) is 2.78. The van der Waals surface area contributed by atoms with Crippen molar-refractivity contribution in [3.05, 3.63) is 15.9 Å². The van der Waals surface area contributed by atoms with Crippen molar-refractivity contribution < 1.29 is 9.90 Å². The van der Waals surface area contributed by atoms with E-state index in [1.807, 2.05) is 23.4 Å². The van der Waals surface area contributed by atoms with Gasteiger partial charge in [-0.3, -0.25) is 4.79 Å². The van der Waals surface area contributed by atoms with Gasteiger partial charge in [-0.05, 0) is 34.8 Å². The zero-order valence-electron chi connectivity index (χ0n) is 8.36. The molecule has 0 aromatic carbocycles. The number of hydrogen-bond acceptors (Lipinski definition) is 3. The number of aliphatic carboxylic acids is 1. The van der Waals surface area contributed by atoms with Crippen molar-refractivity contribution in [3.63, 3.8) is 0 Å². The van der Waals surface area contributed by atoms with Crippen molar-refractivity contribution in [3.8, 4) is 0 Å². The zero-order chi connectivity index (χ0) is 11.1. The number of carboxylic acids is 1. The first-order valence-electron chi connectivity index (χ1n) is 4.72. The van der Waals surface area contributed by atoms with Crippen LogP contribution in [0.1, 0.15) is 12.8 Å². The van der Waals surface area contributed by atoms with E-state index in [9.17, 15) is 4.79 Å². The Morgan fingerprint density at radius 3 is 2.80 bits per heavy atom. The maximum Gasteiger partial charge on any atom is 0.311 e. The quantitative estimate of drug-likeness (QED) is 0.927. The standard InChI is InChI=1S/C10H12BrNO2S/c1-12(8-4-7(11)5-15-8)6-10(2-3-10)9(13)14/h4-5H,2-3,6H2,1H3,(H,13,14). The van der Waals surface area contributed by atoms with Crippen LogP contribution < -0.4 is 4.90 Å². The van der Waals surface area contributed by atoms with Gasteiger partial charge >= 0.3 is 5.97 Å². The minimum atomic E-state index is -0.662. The minimum absolute atomic E-state index is 0.481. The van der Waals surface area contributed by atoms with Gasteiger partial charge in [-0.25, -0.2) is 0 Å². The summed E-state index contributed by atoms with van der Waals surface area (Å²) in [4.78, 5) is 13.0. The van der Waals surface area contributed by atoms with Gasteiger partial charge in [0, 0.05) is 23.4 Å². The maximum atomic E-state index is 11.0. The number of carbonyl (C=O) groups is 1. The van der Waals surface area contributed by atoms with Crippen molar-refractivity contribution in [1.82, 2.24) is 0 Å². The predicted octanol–water partition coefficient (Wildman–Crippen LogP) is 2.81. The third-order valence-corrected chi connectivity index (χ3v) is 4.58. The number of hydrogen-bond donors (Lipinski definition) is 1. The van der Waals surface area contributed by atoms with Crippen LogP contribution in [0.25, 0.3) is 0 Å². The molecule has 1 aromatic heterocycles. The number of thiophene rings is 1. The van der Waals surface area contributed by atoms with E-state index >= 15 is 0 Å². The Kier molecular flexibility index (Phi) is 2.77. The fraction of sp³-hybridized carbons (Fsp3) is 0.500. The summed E-state index contributed by atoms with van der Waals surface area (Å²) < 4.78 is 1.05. The summed E-state index contributed by atoms with van der Waals surface area (Å²) in [6.07, 6.45) is 1.61. The summed E-state index contributed by atoms with van der Waals surface area (Å²) in [5, 5.41) is 12.2. The largest absolute Gasteiger partial charge is 0.481 e. The monoisotopic (exact) mass is 289 g/mol. The summed E-state index contributed by atoms with van der Waals surface area (Å²) >= 11 is 5.02. The van der Waals surface area contributed by atoms with Crippen LogP contribution >= 0.6 is 27.3 Å². The maximum absolute atomic E-state index is 11.0. The van der Waals surface area contributed by atoms with Crippen LogP contribution in [0.15, 0.2) is 15.9 Å². The van der Waals surface area contributed by atoms with Gasteiger partial charge in [0.05, 0.1) is 10.4 Å². The Morgan fingerprint density at radius 1 is 1.73 bits per heavy atom. The summed E-state index contributed by atoms with van der Waals surface area (Å²) in [7, 11) is 1.95. The SMILES string of the molecule is CN(CC1(C(=O)O)CC1)c1cc(Br)cs1. The van der Waals surface area contributed by atoms with Crippen molar-refractivity contribution in [2.24, 2.45) is 5.41 Å². The number of carboxylic acid groups (broad SMARTS) is 1. The highest BCUT2D eigenvalue weighted by molar-refractivity contribution is 9.10. The first-order valence-corrected chi connectivity index (χ1v) is 6.39. The van der Waals surface area contributed by atoms with Crippen LogP contribution in [0.2, 0.25) is 0 Å². The summed E-state index contributed by atoms with van der Waals surface area (Å²) in [5.74, 6) is -0.662. The summed E-state index contributed by atoms with van der Waals surface area (Å²) in [6, 6.07) is 2.02. The molecular formula is C10H12BrNO2S. The molecule has 82 valence electrons. The molecule has 0 atom stereocenters. The van der Waals surface area contributed by atoms with Crippen molar-refractivity contribution in [1.29, 1.82) is 0 Å². The first kappa shape index (κ1) is 11.0. The molecule has 0 radical (unpaired) electrons. The molecule has 1 aliphatic rings. The van der Waals surface area contributed by atoms with Gasteiger partial charge in [-0.2, -0.15) is 0 Å². The lowest BCUT2D eigenvalue weighted by molar-refractivity contribution is -0.142. The molecule has 5 heteroatoms. The van der Waals surface area contributed by atoms with Crippen LogP contribution in [0, 0.1) is 5.41 Å². The summed E-state index contributed by atoms with van der Waals surface area (Å²) in [6.45, 7) is 0.606. The molecule has 1 aromatic rings. The molecule has 1 N–H and O–H groups in total. The molecule has 1 fully saturated rings. The Bertz CT molecular complexity index is 387. The second kappa shape index (κ2) is 3.79. The van der Waals surface area contributed by atoms with E-state index in [0.717, 1.165) is 22.3 Å². The molecule has 0 spiro atoms. The van der Waals surface area contributed by atoms with Gasteiger partial charge in [0.1, 0.15) is 0 Å². The normalized spacial score (nSPS) is 17.5. The van der Waals surface area contributed by atoms with Gasteiger partial charge in [0.25, 0.3) is 0 Å². The molecule has 1 aliphatic carbocycles.